The maximum absolute atomic E-state index is 13.0. The summed E-state index contributed by atoms with van der Waals surface area (Å²) in [7, 11) is 0. The zero-order valence-electron chi connectivity index (χ0n) is 10.7. The molecule has 0 aliphatic carbocycles. The third-order valence-corrected chi connectivity index (χ3v) is 3.98. The summed E-state index contributed by atoms with van der Waals surface area (Å²) in [4.78, 5) is 11.7. The third-order valence-electron chi connectivity index (χ3n) is 2.63. The fourth-order valence-corrected chi connectivity index (χ4v) is 2.03. The van der Waals surface area contributed by atoms with Gasteiger partial charge in [-0.2, -0.15) is 0 Å². The van der Waals surface area contributed by atoms with Crippen LogP contribution in [0.3, 0.4) is 0 Å². The van der Waals surface area contributed by atoms with Crippen molar-refractivity contribution in [3.63, 3.8) is 0 Å². The van der Waals surface area contributed by atoms with Gasteiger partial charge in [0.1, 0.15) is 5.82 Å². The maximum atomic E-state index is 13.0. The van der Waals surface area contributed by atoms with Crippen molar-refractivity contribution >= 4 is 23.4 Å². The average Bonchev–Trinajstić information content (AvgIpc) is 2.30. The third kappa shape index (κ3) is 4.66. The van der Waals surface area contributed by atoms with Crippen molar-refractivity contribution in [2.24, 2.45) is 0 Å². The van der Waals surface area contributed by atoms with Gasteiger partial charge in [0.2, 0.25) is 5.91 Å². The second-order valence-electron chi connectivity index (χ2n) is 4.26. The van der Waals surface area contributed by atoms with E-state index in [9.17, 15) is 14.3 Å². The molecule has 2 N–H and O–H groups in total. The number of anilines is 1. The molecule has 1 aromatic rings. The normalized spacial score (nSPS) is 14.1. The average molecular weight is 271 g/mol. The van der Waals surface area contributed by atoms with Crippen LogP contribution in [0, 0.1) is 12.7 Å². The van der Waals surface area contributed by atoms with Gasteiger partial charge >= 0.3 is 0 Å². The van der Waals surface area contributed by atoms with Crippen molar-refractivity contribution in [2.75, 3.05) is 11.1 Å². The van der Waals surface area contributed by atoms with Crippen molar-refractivity contribution in [2.45, 2.75) is 32.1 Å². The summed E-state index contributed by atoms with van der Waals surface area (Å²) in [6.45, 7) is 5.35. The molecule has 0 aromatic heterocycles. The first-order valence-corrected chi connectivity index (χ1v) is 6.80. The minimum Gasteiger partial charge on any atom is -0.392 e. The van der Waals surface area contributed by atoms with Crippen LogP contribution in [0.15, 0.2) is 18.2 Å². The van der Waals surface area contributed by atoms with E-state index < -0.39 is 6.10 Å². The highest BCUT2D eigenvalue weighted by atomic mass is 32.2. The molecular formula is C13H18FNO2S. The van der Waals surface area contributed by atoms with Gasteiger partial charge in [0.15, 0.2) is 0 Å². The fraction of sp³-hybridized carbons (Fsp3) is 0.462. The highest BCUT2D eigenvalue weighted by Gasteiger charge is 2.12. The van der Waals surface area contributed by atoms with Gasteiger partial charge in [0.25, 0.3) is 0 Å². The van der Waals surface area contributed by atoms with Gasteiger partial charge in [-0.25, -0.2) is 4.39 Å². The van der Waals surface area contributed by atoms with E-state index in [0.29, 0.717) is 5.69 Å². The number of aryl methyl sites for hydroxylation is 1. The van der Waals surface area contributed by atoms with Gasteiger partial charge in [-0.05, 0) is 31.5 Å². The molecule has 1 rings (SSSR count). The van der Waals surface area contributed by atoms with Gasteiger partial charge in [-0.15, -0.1) is 11.8 Å². The summed E-state index contributed by atoms with van der Waals surface area (Å²) in [6.07, 6.45) is -0.460. The number of carbonyl (C=O) groups excluding carboxylic acids is 1. The second-order valence-corrected chi connectivity index (χ2v) is 5.63. The van der Waals surface area contributed by atoms with Crippen molar-refractivity contribution in [1.82, 2.24) is 0 Å². The number of amides is 1. The minimum absolute atomic E-state index is 0.00986. The number of hydrogen-bond acceptors (Lipinski definition) is 3. The standard InChI is InChI=1S/C13H18FNO2S/c1-8-4-5-11(14)6-12(8)15-13(17)7-18-10(3)9(2)16/h4-6,9-10,16H,7H2,1-3H3,(H,15,17). The lowest BCUT2D eigenvalue weighted by Crippen LogP contribution is -2.21. The molecular weight excluding hydrogens is 253 g/mol. The first-order chi connectivity index (χ1) is 8.40. The Bertz CT molecular complexity index is 423. The fourth-order valence-electron chi connectivity index (χ4n) is 1.26. The van der Waals surface area contributed by atoms with E-state index in [2.05, 4.69) is 5.32 Å². The van der Waals surface area contributed by atoms with Crippen LogP contribution in [0.25, 0.3) is 0 Å². The van der Waals surface area contributed by atoms with E-state index in [1.807, 2.05) is 6.92 Å². The van der Waals surface area contributed by atoms with Crippen LogP contribution in [0.5, 0.6) is 0 Å². The monoisotopic (exact) mass is 271 g/mol. The van der Waals surface area contributed by atoms with E-state index in [4.69, 9.17) is 0 Å². The Labute approximate surface area is 111 Å². The molecule has 1 aromatic carbocycles. The van der Waals surface area contributed by atoms with Crippen LogP contribution >= 0.6 is 11.8 Å². The maximum Gasteiger partial charge on any atom is 0.234 e. The minimum atomic E-state index is -0.460. The van der Waals surface area contributed by atoms with Gasteiger partial charge in [-0.1, -0.05) is 13.0 Å². The predicted molar refractivity (Wildman–Crippen MR) is 73.4 cm³/mol. The number of rotatable bonds is 5. The van der Waals surface area contributed by atoms with Crippen LogP contribution in [0.1, 0.15) is 19.4 Å². The lowest BCUT2D eigenvalue weighted by molar-refractivity contribution is -0.113. The van der Waals surface area contributed by atoms with Crippen molar-refractivity contribution in [3.8, 4) is 0 Å². The molecule has 100 valence electrons. The quantitative estimate of drug-likeness (QED) is 0.865. The number of aliphatic hydroxyl groups is 1. The van der Waals surface area contributed by atoms with E-state index in [1.165, 1.54) is 23.9 Å². The Morgan fingerprint density at radius 2 is 2.17 bits per heavy atom. The van der Waals surface area contributed by atoms with Crippen LogP contribution in [-0.2, 0) is 4.79 Å². The number of aliphatic hydroxyl groups excluding tert-OH is 1. The number of thioether (sulfide) groups is 1. The first-order valence-electron chi connectivity index (χ1n) is 5.76. The highest BCUT2D eigenvalue weighted by molar-refractivity contribution is 8.00. The van der Waals surface area contributed by atoms with Crippen LogP contribution < -0.4 is 5.32 Å². The second kappa shape index (κ2) is 6.75. The molecule has 0 saturated heterocycles. The van der Waals surface area contributed by atoms with Crippen LogP contribution in [0.2, 0.25) is 0 Å². The smallest absolute Gasteiger partial charge is 0.234 e. The van der Waals surface area contributed by atoms with E-state index >= 15 is 0 Å². The Kier molecular flexibility index (Phi) is 5.62. The largest absolute Gasteiger partial charge is 0.392 e. The summed E-state index contributed by atoms with van der Waals surface area (Å²) in [5.74, 6) is -0.329. The summed E-state index contributed by atoms with van der Waals surface area (Å²) in [6, 6.07) is 4.28. The van der Waals surface area contributed by atoms with Crippen molar-refractivity contribution in [3.05, 3.63) is 29.6 Å². The lowest BCUT2D eigenvalue weighted by Gasteiger charge is -2.14. The first kappa shape index (κ1) is 15.0. The van der Waals surface area contributed by atoms with E-state index in [-0.39, 0.29) is 22.7 Å². The molecule has 1 amide bonds. The van der Waals surface area contributed by atoms with Gasteiger partial charge in [0, 0.05) is 10.9 Å². The molecule has 0 bridgehead atoms. The highest BCUT2D eigenvalue weighted by Crippen LogP contribution is 2.18. The van der Waals surface area contributed by atoms with Gasteiger partial charge in [-0.3, -0.25) is 4.79 Å². The summed E-state index contributed by atoms with van der Waals surface area (Å²) >= 11 is 1.37. The Morgan fingerprint density at radius 1 is 1.50 bits per heavy atom. The van der Waals surface area contributed by atoms with E-state index in [1.54, 1.807) is 19.9 Å². The molecule has 0 radical (unpaired) electrons. The number of carbonyl (C=O) groups is 1. The zero-order valence-corrected chi connectivity index (χ0v) is 11.6. The Morgan fingerprint density at radius 3 is 2.78 bits per heavy atom. The molecule has 3 nitrogen and oxygen atoms in total. The molecule has 2 unspecified atom stereocenters. The molecule has 0 aliphatic heterocycles. The van der Waals surface area contributed by atoms with Crippen molar-refractivity contribution < 1.29 is 14.3 Å². The van der Waals surface area contributed by atoms with Crippen LogP contribution in [0.4, 0.5) is 10.1 Å². The number of nitrogens with one attached hydrogen (secondary N) is 1. The summed E-state index contributed by atoms with van der Waals surface area (Å²) in [5.41, 5.74) is 1.31. The van der Waals surface area contributed by atoms with Crippen molar-refractivity contribution in [1.29, 1.82) is 0 Å². The summed E-state index contributed by atoms with van der Waals surface area (Å²) < 4.78 is 13.0. The Balaban J connectivity index is 2.52. The molecule has 0 heterocycles. The zero-order chi connectivity index (χ0) is 13.7. The van der Waals surface area contributed by atoms with Gasteiger partial charge in [0.05, 0.1) is 11.9 Å². The molecule has 0 aliphatic rings. The Hall–Kier alpha value is -1.07. The molecule has 0 fully saturated rings. The molecule has 2 atom stereocenters. The number of benzene rings is 1. The molecule has 0 spiro atoms. The lowest BCUT2D eigenvalue weighted by atomic mass is 10.2. The number of halogens is 1. The number of hydrogen-bond donors (Lipinski definition) is 2. The van der Waals surface area contributed by atoms with Crippen LogP contribution in [-0.4, -0.2) is 28.1 Å². The molecule has 5 heteroatoms. The summed E-state index contributed by atoms with van der Waals surface area (Å²) in [5, 5.41) is 12.0. The molecule has 18 heavy (non-hydrogen) atoms. The topological polar surface area (TPSA) is 49.3 Å². The van der Waals surface area contributed by atoms with E-state index in [0.717, 1.165) is 5.56 Å². The predicted octanol–water partition coefficient (Wildman–Crippen LogP) is 2.58. The molecule has 0 saturated carbocycles. The SMILES string of the molecule is Cc1ccc(F)cc1NC(=O)CSC(C)C(C)O. The van der Waals surface area contributed by atoms with Gasteiger partial charge < -0.3 is 10.4 Å².